The lowest BCUT2D eigenvalue weighted by Crippen LogP contribution is -2.18. The van der Waals surface area contributed by atoms with Crippen molar-refractivity contribution in [2.45, 2.75) is 65.3 Å². The number of aryl methyl sites for hydroxylation is 1. The third kappa shape index (κ3) is 3.58. The van der Waals surface area contributed by atoms with Crippen molar-refractivity contribution in [3.8, 4) is 0 Å². The molecule has 0 radical (unpaired) electrons. The fourth-order valence-electron chi connectivity index (χ4n) is 2.54. The normalized spacial score (nSPS) is 15.7. The van der Waals surface area contributed by atoms with Gasteiger partial charge in [0.2, 0.25) is 0 Å². The minimum absolute atomic E-state index is 0.595. The van der Waals surface area contributed by atoms with Crippen molar-refractivity contribution >= 4 is 11.6 Å². The molecule has 1 heterocycles. The van der Waals surface area contributed by atoms with E-state index in [1.54, 1.807) is 0 Å². The van der Waals surface area contributed by atoms with Crippen LogP contribution >= 0.6 is 0 Å². The van der Waals surface area contributed by atoms with Crippen LogP contribution in [0.1, 0.15) is 57.3 Å². The molecule has 0 aliphatic heterocycles. The van der Waals surface area contributed by atoms with E-state index < -0.39 is 0 Å². The lowest BCUT2D eigenvalue weighted by atomic mass is 10.2. The lowest BCUT2D eigenvalue weighted by molar-refractivity contribution is 0.745. The van der Waals surface area contributed by atoms with Crippen LogP contribution in [0.15, 0.2) is 0 Å². The van der Waals surface area contributed by atoms with Crippen LogP contribution in [0.3, 0.4) is 0 Å². The molecule has 0 atom stereocenters. The molecule has 4 heteroatoms. The predicted molar refractivity (Wildman–Crippen MR) is 80.8 cm³/mol. The molecule has 1 aromatic heterocycles. The van der Waals surface area contributed by atoms with E-state index >= 15 is 0 Å². The zero-order valence-electron chi connectivity index (χ0n) is 12.4. The van der Waals surface area contributed by atoms with Gasteiger partial charge in [-0.1, -0.05) is 26.7 Å². The second kappa shape index (κ2) is 6.73. The first-order valence-corrected chi connectivity index (χ1v) is 7.62. The van der Waals surface area contributed by atoms with Gasteiger partial charge in [0, 0.05) is 24.6 Å². The summed E-state index contributed by atoms with van der Waals surface area (Å²) < 4.78 is 0. The number of rotatable bonds is 6. The van der Waals surface area contributed by atoms with Gasteiger partial charge in [-0.3, -0.25) is 0 Å². The van der Waals surface area contributed by atoms with Gasteiger partial charge in [0.15, 0.2) is 0 Å². The van der Waals surface area contributed by atoms with Crippen LogP contribution in [0, 0.1) is 6.92 Å². The molecule has 19 heavy (non-hydrogen) atoms. The van der Waals surface area contributed by atoms with Crippen molar-refractivity contribution in [3.63, 3.8) is 0 Å². The second-order valence-electron chi connectivity index (χ2n) is 5.37. The summed E-state index contributed by atoms with van der Waals surface area (Å²) in [6.45, 7) is 7.34. The SMILES string of the molecule is CCCNc1nc(CC)nc(NC2CCCC2)c1C. The summed E-state index contributed by atoms with van der Waals surface area (Å²) in [7, 11) is 0. The molecule has 0 aromatic carbocycles. The summed E-state index contributed by atoms with van der Waals surface area (Å²) in [6.07, 6.45) is 7.19. The summed E-state index contributed by atoms with van der Waals surface area (Å²) >= 11 is 0. The molecular weight excluding hydrogens is 236 g/mol. The van der Waals surface area contributed by atoms with E-state index in [1.165, 1.54) is 25.7 Å². The second-order valence-corrected chi connectivity index (χ2v) is 5.37. The summed E-state index contributed by atoms with van der Waals surface area (Å²) in [4.78, 5) is 9.26. The Bertz CT molecular complexity index is 411. The molecule has 1 aromatic rings. The molecule has 106 valence electrons. The number of anilines is 2. The summed E-state index contributed by atoms with van der Waals surface area (Å²) in [5, 5.41) is 7.02. The highest BCUT2D eigenvalue weighted by Gasteiger charge is 2.17. The molecule has 0 amide bonds. The molecule has 0 bridgehead atoms. The third-order valence-electron chi connectivity index (χ3n) is 3.75. The zero-order chi connectivity index (χ0) is 13.7. The Hall–Kier alpha value is -1.32. The van der Waals surface area contributed by atoms with Crippen LogP contribution in [0.4, 0.5) is 11.6 Å². The number of hydrogen-bond acceptors (Lipinski definition) is 4. The van der Waals surface area contributed by atoms with Gasteiger partial charge in [0.05, 0.1) is 0 Å². The van der Waals surface area contributed by atoms with Gasteiger partial charge < -0.3 is 10.6 Å². The molecule has 0 unspecified atom stereocenters. The highest BCUT2D eigenvalue weighted by Crippen LogP contribution is 2.26. The lowest BCUT2D eigenvalue weighted by Gasteiger charge is -2.18. The van der Waals surface area contributed by atoms with Crippen molar-refractivity contribution < 1.29 is 0 Å². The first-order chi connectivity index (χ1) is 9.24. The van der Waals surface area contributed by atoms with Crippen LogP contribution in [-0.4, -0.2) is 22.6 Å². The van der Waals surface area contributed by atoms with Crippen LogP contribution < -0.4 is 10.6 Å². The van der Waals surface area contributed by atoms with Crippen LogP contribution in [0.25, 0.3) is 0 Å². The van der Waals surface area contributed by atoms with Gasteiger partial charge in [0.25, 0.3) is 0 Å². The largest absolute Gasteiger partial charge is 0.370 e. The van der Waals surface area contributed by atoms with E-state index in [4.69, 9.17) is 0 Å². The molecule has 0 spiro atoms. The highest BCUT2D eigenvalue weighted by molar-refractivity contribution is 5.57. The van der Waals surface area contributed by atoms with Gasteiger partial charge in [0.1, 0.15) is 17.5 Å². The molecule has 1 saturated carbocycles. The summed E-state index contributed by atoms with van der Waals surface area (Å²) in [5.41, 5.74) is 1.15. The Kier molecular flexibility index (Phi) is 5.00. The van der Waals surface area contributed by atoms with Crippen molar-refractivity contribution in [2.75, 3.05) is 17.2 Å². The van der Waals surface area contributed by atoms with Crippen LogP contribution in [0.5, 0.6) is 0 Å². The van der Waals surface area contributed by atoms with E-state index in [0.717, 1.165) is 42.4 Å². The van der Waals surface area contributed by atoms with Gasteiger partial charge in [-0.05, 0) is 26.2 Å². The molecule has 1 aliphatic carbocycles. The molecular formula is C15H26N4. The predicted octanol–water partition coefficient (Wildman–Crippen LogP) is 3.52. The maximum atomic E-state index is 4.66. The van der Waals surface area contributed by atoms with Crippen molar-refractivity contribution in [3.05, 3.63) is 11.4 Å². The number of aromatic nitrogens is 2. The fourth-order valence-corrected chi connectivity index (χ4v) is 2.54. The van der Waals surface area contributed by atoms with Crippen molar-refractivity contribution in [2.24, 2.45) is 0 Å². The third-order valence-corrected chi connectivity index (χ3v) is 3.75. The van der Waals surface area contributed by atoms with Crippen molar-refractivity contribution in [1.29, 1.82) is 0 Å². The fraction of sp³-hybridized carbons (Fsp3) is 0.733. The van der Waals surface area contributed by atoms with E-state index in [1.807, 2.05) is 0 Å². The Balaban J connectivity index is 2.19. The van der Waals surface area contributed by atoms with E-state index in [0.29, 0.717) is 6.04 Å². The highest BCUT2D eigenvalue weighted by atomic mass is 15.1. The van der Waals surface area contributed by atoms with Crippen LogP contribution in [0.2, 0.25) is 0 Å². The van der Waals surface area contributed by atoms with Crippen LogP contribution in [-0.2, 0) is 6.42 Å². The standard InChI is InChI=1S/C15H26N4/c1-4-10-16-14-11(3)15(19-13(5-2)18-14)17-12-8-6-7-9-12/h12H,4-10H2,1-3H3,(H2,16,17,18,19). The Labute approximate surface area is 116 Å². The number of hydrogen-bond donors (Lipinski definition) is 2. The molecule has 4 nitrogen and oxygen atoms in total. The zero-order valence-corrected chi connectivity index (χ0v) is 12.4. The Morgan fingerprint density at radius 3 is 2.42 bits per heavy atom. The topological polar surface area (TPSA) is 49.8 Å². The van der Waals surface area contributed by atoms with Gasteiger partial charge in [-0.25, -0.2) is 9.97 Å². The minimum atomic E-state index is 0.595. The molecule has 2 rings (SSSR count). The maximum absolute atomic E-state index is 4.66. The van der Waals surface area contributed by atoms with Gasteiger partial charge in [-0.2, -0.15) is 0 Å². The van der Waals surface area contributed by atoms with E-state index in [9.17, 15) is 0 Å². The smallest absolute Gasteiger partial charge is 0.134 e. The summed E-state index contributed by atoms with van der Waals surface area (Å²) in [6, 6.07) is 0.595. The maximum Gasteiger partial charge on any atom is 0.134 e. The number of nitrogens with zero attached hydrogens (tertiary/aromatic N) is 2. The van der Waals surface area contributed by atoms with Crippen molar-refractivity contribution in [1.82, 2.24) is 9.97 Å². The summed E-state index contributed by atoms with van der Waals surface area (Å²) in [5.74, 6) is 2.94. The first-order valence-electron chi connectivity index (χ1n) is 7.62. The molecule has 2 N–H and O–H groups in total. The van der Waals surface area contributed by atoms with E-state index in [2.05, 4.69) is 41.4 Å². The Morgan fingerprint density at radius 1 is 1.11 bits per heavy atom. The van der Waals surface area contributed by atoms with Gasteiger partial charge in [-0.15, -0.1) is 0 Å². The number of nitrogens with one attached hydrogen (secondary N) is 2. The quantitative estimate of drug-likeness (QED) is 0.823. The average Bonchev–Trinajstić information content (AvgIpc) is 2.92. The monoisotopic (exact) mass is 262 g/mol. The van der Waals surface area contributed by atoms with E-state index in [-0.39, 0.29) is 0 Å². The van der Waals surface area contributed by atoms with Gasteiger partial charge >= 0.3 is 0 Å². The molecule has 1 fully saturated rings. The first kappa shape index (κ1) is 14.1. The molecule has 1 aliphatic rings. The molecule has 0 saturated heterocycles. The minimum Gasteiger partial charge on any atom is -0.370 e. The average molecular weight is 262 g/mol. The Morgan fingerprint density at radius 2 is 1.79 bits per heavy atom.